The monoisotopic (exact) mass is 245 g/mol. The third-order valence-electron chi connectivity index (χ3n) is 2.39. The predicted octanol–water partition coefficient (Wildman–Crippen LogP) is 0.954. The standard InChI is InChI=1S/C11H19NO5/c1-8(2)4-16-10(15)12-6-11(3,7-12)17-5-9(13)14/h8H,4-7H2,1-3H3,(H,13,14). The highest BCUT2D eigenvalue weighted by Gasteiger charge is 2.43. The highest BCUT2D eigenvalue weighted by Crippen LogP contribution is 2.25. The van der Waals surface area contributed by atoms with E-state index in [2.05, 4.69) is 0 Å². The highest BCUT2D eigenvalue weighted by atomic mass is 16.6. The predicted molar refractivity (Wildman–Crippen MR) is 59.8 cm³/mol. The van der Waals surface area contributed by atoms with Crippen LogP contribution in [0.2, 0.25) is 0 Å². The number of carboxylic acids is 1. The van der Waals surface area contributed by atoms with Crippen molar-refractivity contribution >= 4 is 12.1 Å². The van der Waals surface area contributed by atoms with E-state index in [9.17, 15) is 9.59 Å². The normalized spacial score (nSPS) is 17.8. The number of aliphatic carboxylic acids is 1. The number of amides is 1. The third kappa shape index (κ3) is 4.22. The van der Waals surface area contributed by atoms with Gasteiger partial charge in [-0.05, 0) is 12.8 Å². The molecule has 1 aliphatic heterocycles. The number of nitrogens with zero attached hydrogens (tertiary/aromatic N) is 1. The molecule has 0 aliphatic carbocycles. The zero-order valence-corrected chi connectivity index (χ0v) is 10.4. The molecule has 1 amide bonds. The molecule has 0 aromatic rings. The van der Waals surface area contributed by atoms with Crippen molar-refractivity contribution in [1.82, 2.24) is 4.90 Å². The number of hydrogen-bond acceptors (Lipinski definition) is 4. The van der Waals surface area contributed by atoms with Crippen LogP contribution in [0.5, 0.6) is 0 Å². The van der Waals surface area contributed by atoms with Gasteiger partial charge in [0.15, 0.2) is 0 Å². The molecule has 1 heterocycles. The first-order valence-corrected chi connectivity index (χ1v) is 5.60. The minimum Gasteiger partial charge on any atom is -0.480 e. The molecule has 0 radical (unpaired) electrons. The Morgan fingerprint density at radius 2 is 2.00 bits per heavy atom. The van der Waals surface area contributed by atoms with Crippen LogP contribution in [-0.2, 0) is 14.3 Å². The fourth-order valence-corrected chi connectivity index (χ4v) is 1.55. The maximum atomic E-state index is 11.5. The summed E-state index contributed by atoms with van der Waals surface area (Å²) in [5, 5.41) is 8.49. The minimum absolute atomic E-state index is 0.301. The van der Waals surface area contributed by atoms with Gasteiger partial charge in [0, 0.05) is 0 Å². The fourth-order valence-electron chi connectivity index (χ4n) is 1.55. The van der Waals surface area contributed by atoms with Gasteiger partial charge in [0.05, 0.1) is 19.7 Å². The molecule has 0 aromatic heterocycles. The molecular weight excluding hydrogens is 226 g/mol. The highest BCUT2D eigenvalue weighted by molar-refractivity contribution is 5.69. The number of ether oxygens (including phenoxy) is 2. The van der Waals surface area contributed by atoms with Crippen molar-refractivity contribution in [2.75, 3.05) is 26.3 Å². The summed E-state index contributed by atoms with van der Waals surface area (Å²) in [6.45, 7) is 6.50. The van der Waals surface area contributed by atoms with Crippen LogP contribution in [0.3, 0.4) is 0 Å². The number of carboxylic acid groups (broad SMARTS) is 1. The van der Waals surface area contributed by atoms with E-state index in [1.54, 1.807) is 6.92 Å². The molecular formula is C11H19NO5. The lowest BCUT2D eigenvalue weighted by Crippen LogP contribution is -2.63. The van der Waals surface area contributed by atoms with Gasteiger partial charge in [-0.1, -0.05) is 13.8 Å². The van der Waals surface area contributed by atoms with Crippen LogP contribution in [0.1, 0.15) is 20.8 Å². The lowest BCUT2D eigenvalue weighted by molar-refractivity contribution is -0.161. The van der Waals surface area contributed by atoms with Crippen molar-refractivity contribution in [2.24, 2.45) is 5.92 Å². The summed E-state index contributed by atoms with van der Waals surface area (Å²) in [7, 11) is 0. The van der Waals surface area contributed by atoms with Crippen LogP contribution in [0.15, 0.2) is 0 Å². The molecule has 1 rings (SSSR count). The lowest BCUT2D eigenvalue weighted by Gasteiger charge is -2.46. The van der Waals surface area contributed by atoms with Crippen LogP contribution in [0, 0.1) is 5.92 Å². The molecule has 1 aliphatic rings. The maximum absolute atomic E-state index is 11.5. The molecule has 1 fully saturated rings. The molecule has 6 heteroatoms. The van der Waals surface area contributed by atoms with Gasteiger partial charge in [-0.3, -0.25) is 0 Å². The molecule has 1 saturated heterocycles. The van der Waals surface area contributed by atoms with Gasteiger partial charge in [0.1, 0.15) is 12.2 Å². The summed E-state index contributed by atoms with van der Waals surface area (Å²) in [6.07, 6.45) is -0.366. The smallest absolute Gasteiger partial charge is 0.409 e. The van der Waals surface area contributed by atoms with E-state index >= 15 is 0 Å². The van der Waals surface area contributed by atoms with Crippen LogP contribution < -0.4 is 0 Å². The number of hydrogen-bond donors (Lipinski definition) is 1. The number of likely N-dealkylation sites (tertiary alicyclic amines) is 1. The van der Waals surface area contributed by atoms with E-state index in [1.165, 1.54) is 4.90 Å². The number of carbonyl (C=O) groups is 2. The molecule has 17 heavy (non-hydrogen) atoms. The number of rotatable bonds is 5. The Morgan fingerprint density at radius 1 is 1.41 bits per heavy atom. The maximum Gasteiger partial charge on any atom is 0.409 e. The minimum atomic E-state index is -1.01. The van der Waals surface area contributed by atoms with Crippen molar-refractivity contribution < 1.29 is 24.2 Å². The molecule has 0 bridgehead atoms. The van der Waals surface area contributed by atoms with Gasteiger partial charge < -0.3 is 19.5 Å². The Balaban J connectivity index is 2.25. The summed E-state index contributed by atoms with van der Waals surface area (Å²) in [6, 6.07) is 0. The van der Waals surface area contributed by atoms with Crippen LogP contribution in [-0.4, -0.2) is 54.0 Å². The fraction of sp³-hybridized carbons (Fsp3) is 0.818. The van der Waals surface area contributed by atoms with Crippen molar-refractivity contribution in [3.05, 3.63) is 0 Å². The summed E-state index contributed by atoms with van der Waals surface area (Å²) < 4.78 is 10.2. The second kappa shape index (κ2) is 5.35. The zero-order valence-electron chi connectivity index (χ0n) is 10.4. The molecule has 0 spiro atoms. The van der Waals surface area contributed by atoms with Gasteiger partial charge in [-0.25, -0.2) is 9.59 Å². The first-order valence-electron chi connectivity index (χ1n) is 5.60. The Morgan fingerprint density at radius 3 is 2.47 bits per heavy atom. The first kappa shape index (κ1) is 13.8. The van der Waals surface area contributed by atoms with Crippen molar-refractivity contribution in [1.29, 1.82) is 0 Å². The Kier molecular flexibility index (Phi) is 4.34. The third-order valence-corrected chi connectivity index (χ3v) is 2.39. The van der Waals surface area contributed by atoms with E-state index in [1.807, 2.05) is 13.8 Å². The van der Waals surface area contributed by atoms with Crippen molar-refractivity contribution in [3.8, 4) is 0 Å². The average molecular weight is 245 g/mol. The number of carbonyl (C=O) groups excluding carboxylic acids is 1. The summed E-state index contributed by atoms with van der Waals surface area (Å²) >= 11 is 0. The summed E-state index contributed by atoms with van der Waals surface area (Å²) in [5.74, 6) is -0.707. The Labute approximate surface area is 100 Å². The second-order valence-corrected chi connectivity index (χ2v) is 4.96. The summed E-state index contributed by atoms with van der Waals surface area (Å²) in [5.41, 5.74) is -0.560. The molecule has 0 aromatic carbocycles. The van der Waals surface area contributed by atoms with Gasteiger partial charge in [-0.15, -0.1) is 0 Å². The van der Waals surface area contributed by atoms with Gasteiger partial charge in [0.25, 0.3) is 0 Å². The van der Waals surface area contributed by atoms with E-state index in [-0.39, 0.29) is 12.7 Å². The molecule has 0 unspecified atom stereocenters. The molecule has 6 nitrogen and oxygen atoms in total. The average Bonchev–Trinajstić information content (AvgIpc) is 2.19. The molecule has 0 atom stereocenters. The van der Waals surface area contributed by atoms with Gasteiger partial charge in [-0.2, -0.15) is 0 Å². The Bertz CT molecular complexity index is 296. The Hall–Kier alpha value is -1.30. The topological polar surface area (TPSA) is 76.1 Å². The van der Waals surface area contributed by atoms with E-state index in [4.69, 9.17) is 14.6 Å². The van der Waals surface area contributed by atoms with E-state index in [0.29, 0.717) is 25.6 Å². The lowest BCUT2D eigenvalue weighted by atomic mass is 9.97. The largest absolute Gasteiger partial charge is 0.480 e. The van der Waals surface area contributed by atoms with E-state index < -0.39 is 11.6 Å². The van der Waals surface area contributed by atoms with E-state index in [0.717, 1.165) is 0 Å². The van der Waals surface area contributed by atoms with Gasteiger partial charge in [0.2, 0.25) is 0 Å². The first-order chi connectivity index (χ1) is 7.82. The van der Waals surface area contributed by atoms with Crippen LogP contribution >= 0.6 is 0 Å². The van der Waals surface area contributed by atoms with Gasteiger partial charge >= 0.3 is 12.1 Å². The van der Waals surface area contributed by atoms with Crippen molar-refractivity contribution in [3.63, 3.8) is 0 Å². The zero-order chi connectivity index (χ0) is 13.1. The quantitative estimate of drug-likeness (QED) is 0.780. The molecule has 1 N–H and O–H groups in total. The molecule has 0 saturated carbocycles. The summed E-state index contributed by atoms with van der Waals surface area (Å²) in [4.78, 5) is 23.3. The van der Waals surface area contributed by atoms with Crippen molar-refractivity contribution in [2.45, 2.75) is 26.4 Å². The van der Waals surface area contributed by atoms with Crippen LogP contribution in [0.4, 0.5) is 4.79 Å². The second-order valence-electron chi connectivity index (χ2n) is 4.96. The molecule has 98 valence electrons. The van der Waals surface area contributed by atoms with Crippen LogP contribution in [0.25, 0.3) is 0 Å². The SMILES string of the molecule is CC(C)COC(=O)N1CC(C)(OCC(=O)O)C1.